The van der Waals surface area contributed by atoms with Crippen molar-refractivity contribution in [2.45, 2.75) is 38.9 Å². The van der Waals surface area contributed by atoms with Gasteiger partial charge in [0.15, 0.2) is 0 Å². The zero-order valence-corrected chi connectivity index (χ0v) is 19.4. The van der Waals surface area contributed by atoms with E-state index in [0.717, 1.165) is 28.1 Å². The van der Waals surface area contributed by atoms with E-state index in [9.17, 15) is 9.18 Å². The lowest BCUT2D eigenvalue weighted by atomic mass is 9.97. The molecule has 0 radical (unpaired) electrons. The SMILES string of the molecule is CC(C)c1ccc(C2c3cccn3-c3ccccc3CN2C(=O)NCc2ccc(F)cc2)cc1. The van der Waals surface area contributed by atoms with Gasteiger partial charge in [0.2, 0.25) is 0 Å². The molecule has 0 saturated carbocycles. The third-order valence-electron chi connectivity index (χ3n) is 6.50. The Balaban J connectivity index is 1.54. The van der Waals surface area contributed by atoms with Crippen LogP contribution in [0.15, 0.2) is 91.1 Å². The van der Waals surface area contributed by atoms with Gasteiger partial charge in [-0.3, -0.25) is 0 Å². The zero-order chi connectivity index (χ0) is 23.7. The lowest BCUT2D eigenvalue weighted by Crippen LogP contribution is -2.41. The van der Waals surface area contributed by atoms with Crippen LogP contribution >= 0.6 is 0 Å². The molecule has 4 nitrogen and oxygen atoms in total. The Hall–Kier alpha value is -3.86. The Bertz CT molecular complexity index is 1290. The summed E-state index contributed by atoms with van der Waals surface area (Å²) in [6.07, 6.45) is 2.06. The number of rotatable bonds is 4. The number of carbonyl (C=O) groups excluding carboxylic acids is 1. The van der Waals surface area contributed by atoms with E-state index in [1.807, 2.05) is 23.1 Å². The first-order valence-corrected chi connectivity index (χ1v) is 11.7. The summed E-state index contributed by atoms with van der Waals surface area (Å²) in [6.45, 7) is 5.16. The molecule has 4 aromatic rings. The number of hydrogen-bond acceptors (Lipinski definition) is 1. The molecular formula is C29H28FN3O. The van der Waals surface area contributed by atoms with Crippen molar-refractivity contribution in [2.75, 3.05) is 0 Å². The van der Waals surface area contributed by atoms with Gasteiger partial charge in [0.25, 0.3) is 0 Å². The van der Waals surface area contributed by atoms with Crippen molar-refractivity contribution in [3.8, 4) is 5.69 Å². The average Bonchev–Trinajstić information content (AvgIpc) is 3.28. The first kappa shape index (κ1) is 22.0. The molecule has 0 aliphatic carbocycles. The maximum Gasteiger partial charge on any atom is 0.318 e. The van der Waals surface area contributed by atoms with E-state index in [0.29, 0.717) is 19.0 Å². The zero-order valence-electron chi connectivity index (χ0n) is 19.4. The predicted molar refractivity (Wildman–Crippen MR) is 132 cm³/mol. The Kier molecular flexibility index (Phi) is 5.93. The van der Waals surface area contributed by atoms with E-state index < -0.39 is 0 Å². The standard InChI is InChI=1S/C29H28FN3O/c1-20(2)22-11-13-23(14-12-22)28-27-8-5-17-32(27)26-7-4-3-6-24(26)19-33(28)29(34)31-18-21-9-15-25(30)16-10-21/h3-17,20,28H,18-19H2,1-2H3,(H,31,34). The molecule has 0 bridgehead atoms. The molecule has 1 atom stereocenters. The molecule has 1 N–H and O–H groups in total. The Labute approximate surface area is 199 Å². The maximum absolute atomic E-state index is 13.6. The molecular weight excluding hydrogens is 425 g/mol. The minimum atomic E-state index is -0.287. The van der Waals surface area contributed by atoms with Gasteiger partial charge < -0.3 is 14.8 Å². The maximum atomic E-state index is 13.6. The molecule has 0 fully saturated rings. The summed E-state index contributed by atoms with van der Waals surface area (Å²) in [5.41, 5.74) is 6.39. The fraction of sp³-hybridized carbons (Fsp3) is 0.207. The molecule has 34 heavy (non-hydrogen) atoms. The smallest absolute Gasteiger partial charge is 0.318 e. The molecule has 3 aromatic carbocycles. The lowest BCUT2D eigenvalue weighted by molar-refractivity contribution is 0.180. The van der Waals surface area contributed by atoms with Gasteiger partial charge in [-0.2, -0.15) is 0 Å². The number of fused-ring (bicyclic) bond motifs is 3. The summed E-state index contributed by atoms with van der Waals surface area (Å²) < 4.78 is 15.5. The van der Waals surface area contributed by atoms with Gasteiger partial charge in [0.05, 0.1) is 18.3 Å². The largest absolute Gasteiger partial charge is 0.334 e. The van der Waals surface area contributed by atoms with Gasteiger partial charge in [0.1, 0.15) is 5.82 Å². The molecule has 2 amide bonds. The second kappa shape index (κ2) is 9.18. The minimum absolute atomic E-state index is 0.160. The van der Waals surface area contributed by atoms with Crippen molar-refractivity contribution in [1.29, 1.82) is 0 Å². The van der Waals surface area contributed by atoms with Crippen LogP contribution in [-0.2, 0) is 13.1 Å². The molecule has 5 rings (SSSR count). The first-order valence-electron chi connectivity index (χ1n) is 11.7. The molecule has 1 aromatic heterocycles. The van der Waals surface area contributed by atoms with Crippen LogP contribution in [0.3, 0.4) is 0 Å². The van der Waals surface area contributed by atoms with E-state index in [1.165, 1.54) is 17.7 Å². The lowest BCUT2D eigenvalue weighted by Gasteiger charge is -2.31. The van der Waals surface area contributed by atoms with E-state index in [4.69, 9.17) is 0 Å². The van der Waals surface area contributed by atoms with Crippen molar-refractivity contribution >= 4 is 6.03 Å². The van der Waals surface area contributed by atoms with Gasteiger partial charge in [-0.15, -0.1) is 0 Å². The van der Waals surface area contributed by atoms with Crippen LogP contribution in [0.5, 0.6) is 0 Å². The van der Waals surface area contributed by atoms with Crippen LogP contribution in [0.1, 0.15) is 53.8 Å². The van der Waals surface area contributed by atoms with Crippen LogP contribution in [-0.4, -0.2) is 15.5 Å². The van der Waals surface area contributed by atoms with Crippen LogP contribution in [0, 0.1) is 5.82 Å². The molecule has 172 valence electrons. The van der Waals surface area contributed by atoms with Crippen molar-refractivity contribution < 1.29 is 9.18 Å². The van der Waals surface area contributed by atoms with Crippen molar-refractivity contribution in [3.63, 3.8) is 0 Å². The van der Waals surface area contributed by atoms with E-state index >= 15 is 0 Å². The Morgan fingerprint density at radius 1 is 0.971 bits per heavy atom. The normalized spacial score (nSPS) is 14.9. The molecule has 5 heteroatoms. The number of para-hydroxylation sites is 1. The highest BCUT2D eigenvalue weighted by atomic mass is 19.1. The minimum Gasteiger partial charge on any atom is -0.334 e. The van der Waals surface area contributed by atoms with Crippen molar-refractivity contribution in [3.05, 3.63) is 125 Å². The molecule has 0 spiro atoms. The van der Waals surface area contributed by atoms with Gasteiger partial charge in [-0.25, -0.2) is 9.18 Å². The van der Waals surface area contributed by atoms with Crippen LogP contribution < -0.4 is 5.32 Å². The molecule has 1 aliphatic heterocycles. The predicted octanol–water partition coefficient (Wildman–Crippen LogP) is 6.55. The molecule has 0 saturated heterocycles. The monoisotopic (exact) mass is 453 g/mol. The average molecular weight is 454 g/mol. The second-order valence-corrected chi connectivity index (χ2v) is 9.07. The van der Waals surface area contributed by atoms with E-state index in [-0.39, 0.29) is 17.9 Å². The highest BCUT2D eigenvalue weighted by Crippen LogP contribution is 2.37. The highest BCUT2D eigenvalue weighted by Gasteiger charge is 2.32. The molecule has 2 heterocycles. The summed E-state index contributed by atoms with van der Waals surface area (Å²) in [5.74, 6) is 0.149. The van der Waals surface area contributed by atoms with E-state index in [1.54, 1.807) is 12.1 Å². The number of halogens is 1. The van der Waals surface area contributed by atoms with Crippen LogP contribution in [0.25, 0.3) is 5.69 Å². The number of benzene rings is 3. The molecule has 1 aliphatic rings. The number of carbonyl (C=O) groups is 1. The Morgan fingerprint density at radius 3 is 2.44 bits per heavy atom. The molecule has 1 unspecified atom stereocenters. The van der Waals surface area contributed by atoms with E-state index in [2.05, 4.69) is 72.4 Å². The quantitative estimate of drug-likeness (QED) is 0.374. The number of nitrogens with one attached hydrogen (secondary N) is 1. The number of nitrogens with zero attached hydrogens (tertiary/aromatic N) is 2. The number of amides is 2. The Morgan fingerprint density at radius 2 is 1.71 bits per heavy atom. The summed E-state index contributed by atoms with van der Waals surface area (Å²) in [7, 11) is 0. The van der Waals surface area contributed by atoms with Gasteiger partial charge in [0, 0.05) is 18.4 Å². The first-order chi connectivity index (χ1) is 16.5. The summed E-state index contributed by atoms with van der Waals surface area (Å²) in [6, 6.07) is 26.7. The number of aromatic nitrogens is 1. The highest BCUT2D eigenvalue weighted by molar-refractivity contribution is 5.76. The fourth-order valence-electron chi connectivity index (χ4n) is 4.63. The van der Waals surface area contributed by atoms with Crippen molar-refractivity contribution in [1.82, 2.24) is 14.8 Å². The summed E-state index contributed by atoms with van der Waals surface area (Å²) in [4.78, 5) is 15.5. The topological polar surface area (TPSA) is 37.3 Å². The summed E-state index contributed by atoms with van der Waals surface area (Å²) >= 11 is 0. The summed E-state index contributed by atoms with van der Waals surface area (Å²) in [5, 5.41) is 3.05. The second-order valence-electron chi connectivity index (χ2n) is 9.07. The van der Waals surface area contributed by atoms with Crippen molar-refractivity contribution in [2.24, 2.45) is 0 Å². The van der Waals surface area contributed by atoms with Crippen LogP contribution in [0.2, 0.25) is 0 Å². The van der Waals surface area contributed by atoms with Crippen LogP contribution in [0.4, 0.5) is 9.18 Å². The van der Waals surface area contributed by atoms with Gasteiger partial charge in [-0.1, -0.05) is 68.4 Å². The third-order valence-corrected chi connectivity index (χ3v) is 6.50. The number of hydrogen-bond donors (Lipinski definition) is 1. The third kappa shape index (κ3) is 4.21. The van der Waals surface area contributed by atoms with Gasteiger partial charge >= 0.3 is 6.03 Å². The number of urea groups is 1. The fourth-order valence-corrected chi connectivity index (χ4v) is 4.63. The van der Waals surface area contributed by atoms with Gasteiger partial charge in [-0.05, 0) is 58.5 Å².